The highest BCUT2D eigenvalue weighted by atomic mass is 16.5. The first kappa shape index (κ1) is 9.39. The third-order valence-corrected chi connectivity index (χ3v) is 1.97. The molecule has 0 bridgehead atoms. The van der Waals surface area contributed by atoms with Gasteiger partial charge in [0.1, 0.15) is 17.3 Å². The molecular formula is C10H12N4O. The Morgan fingerprint density at radius 3 is 2.73 bits per heavy atom. The number of nitrogens with two attached hydrogens (primary N) is 1. The number of nitrogens with one attached hydrogen (secondary N) is 2. The van der Waals surface area contributed by atoms with Crippen molar-refractivity contribution in [1.82, 2.24) is 10.2 Å². The molecule has 78 valence electrons. The van der Waals surface area contributed by atoms with Crippen molar-refractivity contribution in [3.8, 4) is 11.6 Å². The number of H-pyrrole nitrogens is 1. The maximum atomic E-state index is 5.64. The van der Waals surface area contributed by atoms with Crippen molar-refractivity contribution in [3.63, 3.8) is 0 Å². The molecule has 15 heavy (non-hydrogen) atoms. The van der Waals surface area contributed by atoms with Gasteiger partial charge in [0.25, 0.3) is 5.88 Å². The van der Waals surface area contributed by atoms with E-state index in [9.17, 15) is 0 Å². The van der Waals surface area contributed by atoms with Crippen LogP contribution in [0.5, 0.6) is 11.6 Å². The SMILES string of the molecule is CNc1c(Oc2ccccc2)n[nH]c1N. The highest BCUT2D eigenvalue weighted by molar-refractivity contribution is 5.68. The van der Waals surface area contributed by atoms with Gasteiger partial charge in [-0.3, -0.25) is 5.10 Å². The summed E-state index contributed by atoms with van der Waals surface area (Å²) in [5.74, 6) is 1.63. The van der Waals surface area contributed by atoms with Gasteiger partial charge in [0.15, 0.2) is 0 Å². The molecule has 0 atom stereocenters. The third-order valence-electron chi connectivity index (χ3n) is 1.97. The van der Waals surface area contributed by atoms with E-state index in [4.69, 9.17) is 10.5 Å². The minimum atomic E-state index is 0.446. The van der Waals surface area contributed by atoms with Crippen LogP contribution in [-0.4, -0.2) is 17.2 Å². The molecule has 1 aromatic heterocycles. The standard InChI is InChI=1S/C10H12N4O/c1-12-8-9(11)13-14-10(8)15-7-5-3-2-4-6-7/h2-6,12H,1H3,(H3,11,13,14). The molecule has 0 unspecified atom stereocenters. The number of rotatable bonds is 3. The van der Waals surface area contributed by atoms with E-state index in [1.54, 1.807) is 7.05 Å². The highest BCUT2D eigenvalue weighted by Gasteiger charge is 2.10. The molecule has 0 saturated carbocycles. The zero-order valence-electron chi connectivity index (χ0n) is 8.32. The Morgan fingerprint density at radius 2 is 2.07 bits per heavy atom. The lowest BCUT2D eigenvalue weighted by Gasteiger charge is -2.04. The fourth-order valence-electron chi connectivity index (χ4n) is 1.25. The maximum Gasteiger partial charge on any atom is 0.263 e. The molecule has 0 saturated heterocycles. The van der Waals surface area contributed by atoms with Crippen LogP contribution in [0, 0.1) is 0 Å². The van der Waals surface area contributed by atoms with Crippen molar-refractivity contribution >= 4 is 11.5 Å². The summed E-state index contributed by atoms with van der Waals surface area (Å²) in [6.45, 7) is 0. The Kier molecular flexibility index (Phi) is 2.45. The van der Waals surface area contributed by atoms with Gasteiger partial charge in [0.05, 0.1) is 0 Å². The summed E-state index contributed by atoms with van der Waals surface area (Å²) < 4.78 is 5.54. The van der Waals surface area contributed by atoms with E-state index < -0.39 is 0 Å². The first-order valence-corrected chi connectivity index (χ1v) is 4.55. The van der Waals surface area contributed by atoms with E-state index in [2.05, 4.69) is 15.5 Å². The Labute approximate surface area is 87.3 Å². The largest absolute Gasteiger partial charge is 0.436 e. The average molecular weight is 204 g/mol. The number of hydrogen-bond donors (Lipinski definition) is 3. The fraction of sp³-hybridized carbons (Fsp3) is 0.100. The van der Waals surface area contributed by atoms with Crippen molar-refractivity contribution in [1.29, 1.82) is 0 Å². The lowest BCUT2D eigenvalue weighted by Crippen LogP contribution is -1.94. The normalized spacial score (nSPS) is 9.93. The Hall–Kier alpha value is -2.17. The Morgan fingerprint density at radius 1 is 1.33 bits per heavy atom. The van der Waals surface area contributed by atoms with Crippen molar-refractivity contribution < 1.29 is 4.74 Å². The minimum absolute atomic E-state index is 0.446. The van der Waals surface area contributed by atoms with Gasteiger partial charge in [-0.2, -0.15) is 0 Å². The van der Waals surface area contributed by atoms with Crippen LogP contribution in [0.4, 0.5) is 11.5 Å². The van der Waals surface area contributed by atoms with Crippen LogP contribution in [-0.2, 0) is 0 Å². The zero-order chi connectivity index (χ0) is 10.7. The monoisotopic (exact) mass is 204 g/mol. The Bertz CT molecular complexity index is 438. The molecule has 5 nitrogen and oxygen atoms in total. The van der Waals surface area contributed by atoms with Crippen molar-refractivity contribution in [2.75, 3.05) is 18.1 Å². The lowest BCUT2D eigenvalue weighted by molar-refractivity contribution is 0.463. The van der Waals surface area contributed by atoms with E-state index in [-0.39, 0.29) is 0 Å². The van der Waals surface area contributed by atoms with Gasteiger partial charge in [-0.05, 0) is 12.1 Å². The van der Waals surface area contributed by atoms with Gasteiger partial charge in [-0.1, -0.05) is 18.2 Å². The van der Waals surface area contributed by atoms with E-state index in [0.717, 1.165) is 5.75 Å². The number of ether oxygens (including phenoxy) is 1. The summed E-state index contributed by atoms with van der Waals surface area (Å²) in [5, 5.41) is 9.52. The second-order valence-corrected chi connectivity index (χ2v) is 2.98. The number of aromatic amines is 1. The van der Waals surface area contributed by atoms with E-state index >= 15 is 0 Å². The summed E-state index contributed by atoms with van der Waals surface area (Å²) in [6, 6.07) is 9.41. The van der Waals surface area contributed by atoms with E-state index in [1.807, 2.05) is 30.3 Å². The molecule has 1 heterocycles. The predicted octanol–water partition coefficient (Wildman–Crippen LogP) is 1.83. The van der Waals surface area contributed by atoms with Crippen LogP contribution in [0.1, 0.15) is 0 Å². The van der Waals surface area contributed by atoms with Gasteiger partial charge in [-0.25, -0.2) is 0 Å². The van der Waals surface area contributed by atoms with Crippen LogP contribution in [0.2, 0.25) is 0 Å². The van der Waals surface area contributed by atoms with Crippen LogP contribution < -0.4 is 15.8 Å². The third kappa shape index (κ3) is 1.85. The molecule has 0 radical (unpaired) electrons. The van der Waals surface area contributed by atoms with Gasteiger partial charge in [-0.15, -0.1) is 5.10 Å². The molecule has 0 amide bonds. The predicted molar refractivity (Wildman–Crippen MR) is 59.1 cm³/mol. The lowest BCUT2D eigenvalue weighted by atomic mass is 10.3. The highest BCUT2D eigenvalue weighted by Crippen LogP contribution is 2.30. The quantitative estimate of drug-likeness (QED) is 0.712. The van der Waals surface area contributed by atoms with Crippen LogP contribution in [0.3, 0.4) is 0 Å². The van der Waals surface area contributed by atoms with Crippen LogP contribution >= 0.6 is 0 Å². The molecule has 0 spiro atoms. The molecular weight excluding hydrogens is 192 g/mol. The molecule has 2 aromatic rings. The first-order valence-electron chi connectivity index (χ1n) is 4.55. The van der Waals surface area contributed by atoms with Gasteiger partial charge >= 0.3 is 0 Å². The number of hydrogen-bond acceptors (Lipinski definition) is 4. The second kappa shape index (κ2) is 3.91. The molecule has 0 fully saturated rings. The first-order chi connectivity index (χ1) is 7.31. The molecule has 1 aromatic carbocycles. The maximum absolute atomic E-state index is 5.64. The van der Waals surface area contributed by atoms with Crippen molar-refractivity contribution in [2.45, 2.75) is 0 Å². The number of nitrogen functional groups attached to an aromatic ring is 1. The Balaban J connectivity index is 2.25. The summed E-state index contributed by atoms with van der Waals surface area (Å²) in [7, 11) is 1.76. The van der Waals surface area contributed by atoms with Crippen LogP contribution in [0.25, 0.3) is 0 Å². The van der Waals surface area contributed by atoms with Crippen molar-refractivity contribution in [3.05, 3.63) is 30.3 Å². The van der Waals surface area contributed by atoms with Crippen molar-refractivity contribution in [2.24, 2.45) is 0 Å². The molecule has 2 rings (SSSR count). The summed E-state index contributed by atoms with van der Waals surface area (Å²) >= 11 is 0. The van der Waals surface area contributed by atoms with Gasteiger partial charge in [0.2, 0.25) is 0 Å². The smallest absolute Gasteiger partial charge is 0.263 e. The summed E-state index contributed by atoms with van der Waals surface area (Å²) in [6.07, 6.45) is 0. The minimum Gasteiger partial charge on any atom is -0.436 e. The fourth-order valence-corrected chi connectivity index (χ4v) is 1.25. The van der Waals surface area contributed by atoms with E-state index in [0.29, 0.717) is 17.4 Å². The molecule has 0 aliphatic carbocycles. The second-order valence-electron chi connectivity index (χ2n) is 2.98. The average Bonchev–Trinajstić information content (AvgIpc) is 2.61. The molecule has 4 N–H and O–H groups in total. The number of anilines is 2. The summed E-state index contributed by atoms with van der Waals surface area (Å²) in [5.41, 5.74) is 6.31. The molecule has 5 heteroatoms. The zero-order valence-corrected chi connectivity index (χ0v) is 8.32. The van der Waals surface area contributed by atoms with E-state index in [1.165, 1.54) is 0 Å². The molecule has 0 aliphatic heterocycles. The number of benzene rings is 1. The van der Waals surface area contributed by atoms with Gasteiger partial charge in [0, 0.05) is 7.05 Å². The molecule has 0 aliphatic rings. The summed E-state index contributed by atoms with van der Waals surface area (Å²) in [4.78, 5) is 0. The number of para-hydroxylation sites is 1. The van der Waals surface area contributed by atoms with Gasteiger partial charge < -0.3 is 15.8 Å². The number of aromatic nitrogens is 2. The number of nitrogens with zero attached hydrogens (tertiary/aromatic N) is 1. The van der Waals surface area contributed by atoms with Crippen LogP contribution in [0.15, 0.2) is 30.3 Å². The topological polar surface area (TPSA) is 76.0 Å².